The number of hydrogen-bond donors (Lipinski definition) is 2. The summed E-state index contributed by atoms with van der Waals surface area (Å²) in [5.41, 5.74) is 4.33. The molecule has 0 spiro atoms. The molecule has 0 saturated heterocycles. The zero-order valence-electron chi connectivity index (χ0n) is 22.0. The first-order valence-electron chi connectivity index (χ1n) is 13.1. The van der Waals surface area contributed by atoms with Gasteiger partial charge in [-0.1, -0.05) is 0 Å². The van der Waals surface area contributed by atoms with E-state index in [4.69, 9.17) is 4.98 Å². The number of anilines is 2. The molecule has 37 heavy (non-hydrogen) atoms. The Kier molecular flexibility index (Phi) is 5.46. The number of rotatable bonds is 8. The second-order valence-corrected chi connectivity index (χ2v) is 10.2. The van der Waals surface area contributed by atoms with E-state index in [1.165, 1.54) is 4.90 Å². The molecule has 0 aromatic carbocycles. The number of imidazole rings is 1. The number of fused-ring (bicyclic) bond motifs is 3. The van der Waals surface area contributed by atoms with E-state index >= 15 is 0 Å². The highest BCUT2D eigenvalue weighted by Crippen LogP contribution is 2.40. The second-order valence-electron chi connectivity index (χ2n) is 10.2. The van der Waals surface area contributed by atoms with Crippen molar-refractivity contribution in [1.82, 2.24) is 39.1 Å². The number of aromatic amines is 1. The van der Waals surface area contributed by atoms with Crippen molar-refractivity contribution in [3.8, 4) is 0 Å². The first kappa shape index (κ1) is 23.5. The van der Waals surface area contributed by atoms with Crippen LogP contribution in [0.4, 0.5) is 11.6 Å². The van der Waals surface area contributed by atoms with Crippen molar-refractivity contribution in [1.29, 1.82) is 0 Å². The van der Waals surface area contributed by atoms with Crippen LogP contribution >= 0.6 is 0 Å². The van der Waals surface area contributed by atoms with Crippen molar-refractivity contribution in [2.24, 2.45) is 0 Å². The van der Waals surface area contributed by atoms with Crippen molar-refractivity contribution in [2.75, 3.05) is 19.4 Å². The third-order valence-electron chi connectivity index (χ3n) is 7.40. The van der Waals surface area contributed by atoms with Gasteiger partial charge in [0.2, 0.25) is 0 Å². The first-order valence-corrected chi connectivity index (χ1v) is 13.1. The van der Waals surface area contributed by atoms with Crippen molar-refractivity contribution < 1.29 is 9.59 Å². The minimum absolute atomic E-state index is 0.106. The maximum absolute atomic E-state index is 13.9. The molecule has 2 saturated carbocycles. The number of amides is 2. The molecular formula is C26H33N9O2. The monoisotopic (exact) mass is 503 g/mol. The molecule has 4 heterocycles. The largest absolute Gasteiger partial charge is 0.343 e. The Morgan fingerprint density at radius 1 is 1.11 bits per heavy atom. The number of hydrogen-bond acceptors (Lipinski definition) is 6. The topological polar surface area (TPSA) is 117 Å². The van der Waals surface area contributed by atoms with E-state index in [1.807, 2.05) is 25.3 Å². The van der Waals surface area contributed by atoms with Crippen LogP contribution in [0.15, 0.2) is 12.4 Å². The molecule has 0 bridgehead atoms. The summed E-state index contributed by atoms with van der Waals surface area (Å²) < 4.78 is 3.70. The lowest BCUT2D eigenvalue weighted by molar-refractivity contribution is 0.0718. The van der Waals surface area contributed by atoms with E-state index in [9.17, 15) is 9.59 Å². The van der Waals surface area contributed by atoms with Crippen molar-refractivity contribution in [3.05, 3.63) is 29.3 Å². The summed E-state index contributed by atoms with van der Waals surface area (Å²) in [4.78, 5) is 43.0. The van der Waals surface area contributed by atoms with Crippen molar-refractivity contribution in [3.63, 3.8) is 0 Å². The number of aromatic nitrogens is 6. The van der Waals surface area contributed by atoms with Gasteiger partial charge < -0.3 is 24.7 Å². The molecule has 194 valence electrons. The fourth-order valence-electron chi connectivity index (χ4n) is 5.33. The summed E-state index contributed by atoms with van der Waals surface area (Å²) in [7, 11) is 3.44. The molecule has 11 nitrogen and oxygen atoms in total. The second kappa shape index (κ2) is 8.60. The van der Waals surface area contributed by atoms with Crippen LogP contribution in [0.25, 0.3) is 22.1 Å². The number of aryl methyl sites for hydroxylation is 3. The fraction of sp³-hybridized carbons (Fsp3) is 0.500. The van der Waals surface area contributed by atoms with Crippen LogP contribution < -0.4 is 5.32 Å². The summed E-state index contributed by atoms with van der Waals surface area (Å²) in [5.74, 6) is 1.06. The van der Waals surface area contributed by atoms with E-state index in [-0.39, 0.29) is 11.8 Å². The van der Waals surface area contributed by atoms with E-state index < -0.39 is 0 Å². The minimum Gasteiger partial charge on any atom is -0.343 e. The van der Waals surface area contributed by atoms with Crippen LogP contribution in [-0.2, 0) is 13.1 Å². The predicted molar refractivity (Wildman–Crippen MR) is 141 cm³/mol. The lowest BCUT2D eigenvalue weighted by Crippen LogP contribution is -2.36. The highest BCUT2D eigenvalue weighted by Gasteiger charge is 2.44. The maximum atomic E-state index is 13.9. The van der Waals surface area contributed by atoms with Crippen LogP contribution in [0.1, 0.15) is 66.1 Å². The Morgan fingerprint density at radius 3 is 2.41 bits per heavy atom. The number of H-pyrrole nitrogens is 1. The zero-order chi connectivity index (χ0) is 26.0. The Labute approximate surface area is 214 Å². The summed E-state index contributed by atoms with van der Waals surface area (Å²) in [6, 6.07) is 2.47. The van der Waals surface area contributed by atoms with Gasteiger partial charge in [0.05, 0.1) is 11.7 Å². The van der Waals surface area contributed by atoms with Crippen LogP contribution in [0, 0.1) is 6.92 Å². The maximum Gasteiger partial charge on any atom is 0.271 e. The normalized spacial score (nSPS) is 15.5. The number of carbonyl (C=O) groups is 2. The van der Waals surface area contributed by atoms with Gasteiger partial charge in [0.1, 0.15) is 28.1 Å². The van der Waals surface area contributed by atoms with Gasteiger partial charge in [-0.2, -0.15) is 5.10 Å². The summed E-state index contributed by atoms with van der Waals surface area (Å²) in [6.07, 6.45) is 6.00. The first-order chi connectivity index (χ1) is 17.8. The van der Waals surface area contributed by atoms with Crippen LogP contribution in [0.5, 0.6) is 0 Å². The third kappa shape index (κ3) is 3.75. The van der Waals surface area contributed by atoms with Gasteiger partial charge in [-0.05, 0) is 52.0 Å². The molecule has 0 atom stereocenters. The highest BCUT2D eigenvalue weighted by molar-refractivity contribution is 6.12. The average molecular weight is 504 g/mol. The van der Waals surface area contributed by atoms with Gasteiger partial charge in [-0.25, -0.2) is 9.97 Å². The number of carbonyl (C=O) groups excluding carboxylic acids is 2. The van der Waals surface area contributed by atoms with Gasteiger partial charge in [0, 0.05) is 45.3 Å². The van der Waals surface area contributed by atoms with Crippen molar-refractivity contribution >= 4 is 45.5 Å². The average Bonchev–Trinajstić information content (AvgIpc) is 3.78. The van der Waals surface area contributed by atoms with Gasteiger partial charge in [-0.15, -0.1) is 0 Å². The number of nitrogens with one attached hydrogen (secondary N) is 2. The molecule has 0 unspecified atom stereocenters. The minimum atomic E-state index is -0.119. The molecule has 4 aromatic rings. The number of nitrogens with zero attached hydrogens (tertiary/aromatic N) is 7. The molecule has 2 fully saturated rings. The van der Waals surface area contributed by atoms with Gasteiger partial charge in [0.15, 0.2) is 11.6 Å². The van der Waals surface area contributed by atoms with Gasteiger partial charge >= 0.3 is 0 Å². The molecule has 0 aliphatic heterocycles. The molecule has 11 heteroatoms. The van der Waals surface area contributed by atoms with Crippen LogP contribution in [0.2, 0.25) is 0 Å². The molecule has 2 aliphatic carbocycles. The molecule has 2 amide bonds. The molecule has 4 aromatic heterocycles. The highest BCUT2D eigenvalue weighted by atomic mass is 16.2. The van der Waals surface area contributed by atoms with Crippen LogP contribution in [-0.4, -0.2) is 77.1 Å². The van der Waals surface area contributed by atoms with Gasteiger partial charge in [0.25, 0.3) is 11.8 Å². The molecular weight excluding hydrogens is 470 g/mol. The summed E-state index contributed by atoms with van der Waals surface area (Å²) in [5, 5.41) is 8.78. The third-order valence-corrected chi connectivity index (χ3v) is 7.40. The van der Waals surface area contributed by atoms with E-state index in [0.717, 1.165) is 53.3 Å². The zero-order valence-corrected chi connectivity index (χ0v) is 22.0. The van der Waals surface area contributed by atoms with E-state index in [2.05, 4.69) is 25.3 Å². The van der Waals surface area contributed by atoms with Crippen LogP contribution in [0.3, 0.4) is 0 Å². The molecule has 2 aliphatic rings. The Hall–Kier alpha value is -3.89. The summed E-state index contributed by atoms with van der Waals surface area (Å²) >= 11 is 0. The molecule has 0 radical (unpaired) electrons. The Bertz CT molecular complexity index is 1520. The van der Waals surface area contributed by atoms with E-state index in [0.29, 0.717) is 48.2 Å². The lowest BCUT2D eigenvalue weighted by Gasteiger charge is -2.23. The molecule has 6 rings (SSSR count). The Balaban J connectivity index is 1.47. The number of pyridine rings is 1. The lowest BCUT2D eigenvalue weighted by atomic mass is 10.1. The summed E-state index contributed by atoms with van der Waals surface area (Å²) in [6.45, 7) is 7.17. The quantitative estimate of drug-likeness (QED) is 0.379. The fourth-order valence-corrected chi connectivity index (χ4v) is 5.33. The van der Waals surface area contributed by atoms with E-state index in [1.54, 1.807) is 31.2 Å². The van der Waals surface area contributed by atoms with Gasteiger partial charge in [-0.3, -0.25) is 14.3 Å². The predicted octanol–water partition coefficient (Wildman–Crippen LogP) is 3.67. The van der Waals surface area contributed by atoms with Crippen molar-refractivity contribution in [2.45, 2.75) is 71.6 Å². The SMILES string of the molecule is CCn1nc(Nc2nc3c(c(C)c(C(=O)N(C4CC4)C4CC4)n3CC)c3nc[nH]c23)cc1C(=O)N(C)C. The standard InChI is InChI=1S/C26H33N9O2/c1-6-33-22(26(37)35(15-8-9-15)16-10-11-16)14(3)19-20-21(28-13-27-20)23(30-24(19)33)29-18-12-17(25(36)32(4)5)34(7-2)31-18/h12-13,15-16H,6-11H2,1-5H3,(H,27,28)(H,29,30,31). The molecule has 2 N–H and O–H groups in total. The smallest absolute Gasteiger partial charge is 0.271 e. The Morgan fingerprint density at radius 2 is 1.81 bits per heavy atom.